The largest absolute Gasteiger partial charge is 0.507 e. The van der Waals surface area contributed by atoms with E-state index in [0.717, 1.165) is 5.69 Å². The summed E-state index contributed by atoms with van der Waals surface area (Å²) >= 11 is 0. The molecule has 4 rings (SSSR count). The molecule has 0 spiro atoms. The SMILES string of the molecule is Cc1c(F)cccc1OCC1(C)CC(=O)c2c(O)cc(N3CCOCC3)cc2O1. The Balaban J connectivity index is 1.58. The maximum Gasteiger partial charge on any atom is 0.174 e. The minimum absolute atomic E-state index is 0.0544. The summed E-state index contributed by atoms with van der Waals surface area (Å²) in [5, 5.41) is 10.5. The Morgan fingerprint density at radius 1 is 1.28 bits per heavy atom. The van der Waals surface area contributed by atoms with Crippen molar-refractivity contribution in [2.45, 2.75) is 25.9 Å². The molecule has 1 N–H and O–H groups in total. The Morgan fingerprint density at radius 3 is 2.79 bits per heavy atom. The van der Waals surface area contributed by atoms with Gasteiger partial charge in [-0.2, -0.15) is 0 Å². The average molecular weight is 401 g/mol. The first-order valence-electron chi connectivity index (χ1n) is 9.66. The number of carbonyl (C=O) groups excluding carboxylic acids is 1. The number of phenols is 1. The molecule has 6 nitrogen and oxygen atoms in total. The molecule has 0 amide bonds. The van der Waals surface area contributed by atoms with Crippen molar-refractivity contribution in [3.8, 4) is 17.2 Å². The van der Waals surface area contributed by atoms with Gasteiger partial charge in [0.25, 0.3) is 0 Å². The zero-order chi connectivity index (χ0) is 20.6. The number of halogens is 1. The van der Waals surface area contributed by atoms with Crippen LogP contribution < -0.4 is 14.4 Å². The van der Waals surface area contributed by atoms with Gasteiger partial charge in [0, 0.05) is 36.5 Å². The van der Waals surface area contributed by atoms with Crippen LogP contribution in [0.4, 0.5) is 10.1 Å². The smallest absolute Gasteiger partial charge is 0.174 e. The summed E-state index contributed by atoms with van der Waals surface area (Å²) < 4.78 is 31.1. The van der Waals surface area contributed by atoms with Crippen LogP contribution in [-0.2, 0) is 4.74 Å². The molecule has 1 unspecified atom stereocenters. The van der Waals surface area contributed by atoms with Crippen molar-refractivity contribution in [2.24, 2.45) is 0 Å². The Bertz CT molecular complexity index is 941. The molecule has 2 heterocycles. The zero-order valence-electron chi connectivity index (χ0n) is 16.5. The summed E-state index contributed by atoms with van der Waals surface area (Å²) in [6.45, 7) is 6.11. The number of carbonyl (C=O) groups is 1. The number of Topliss-reactive ketones (excluding diaryl/α,β-unsaturated/α-hetero) is 1. The molecule has 7 heteroatoms. The third kappa shape index (κ3) is 3.87. The monoisotopic (exact) mass is 401 g/mol. The van der Waals surface area contributed by atoms with Crippen molar-refractivity contribution in [1.82, 2.24) is 0 Å². The predicted octanol–water partition coefficient (Wildman–Crippen LogP) is 3.48. The van der Waals surface area contributed by atoms with Crippen LogP contribution in [0.1, 0.15) is 29.3 Å². The maximum atomic E-state index is 13.8. The van der Waals surface area contributed by atoms with Gasteiger partial charge in [0.15, 0.2) is 5.78 Å². The van der Waals surface area contributed by atoms with Crippen LogP contribution in [-0.4, -0.2) is 49.4 Å². The second-order valence-corrected chi connectivity index (χ2v) is 7.74. The molecule has 0 bridgehead atoms. The van der Waals surface area contributed by atoms with E-state index < -0.39 is 5.60 Å². The van der Waals surface area contributed by atoms with E-state index >= 15 is 0 Å². The predicted molar refractivity (Wildman–Crippen MR) is 106 cm³/mol. The standard InChI is InChI=1S/C22H24FNO5/c1-14-16(23)4-3-5-19(14)28-13-22(2)12-18(26)21-17(25)10-15(11-20(21)29-22)24-6-8-27-9-7-24/h3-5,10-11,25H,6-9,12-13H2,1-2H3. The van der Waals surface area contributed by atoms with Crippen LogP contribution in [0.15, 0.2) is 30.3 Å². The lowest BCUT2D eigenvalue weighted by Crippen LogP contribution is -2.44. The number of benzene rings is 2. The van der Waals surface area contributed by atoms with Crippen LogP contribution in [0.25, 0.3) is 0 Å². The number of hydrogen-bond acceptors (Lipinski definition) is 6. The Kier molecular flexibility index (Phi) is 5.08. The minimum atomic E-state index is -0.932. The topological polar surface area (TPSA) is 68.2 Å². The van der Waals surface area contributed by atoms with Crippen molar-refractivity contribution in [1.29, 1.82) is 0 Å². The quantitative estimate of drug-likeness (QED) is 0.846. The van der Waals surface area contributed by atoms with Crippen molar-refractivity contribution in [3.05, 3.63) is 47.3 Å². The lowest BCUT2D eigenvalue weighted by Gasteiger charge is -2.36. The van der Waals surface area contributed by atoms with Crippen molar-refractivity contribution in [3.63, 3.8) is 0 Å². The molecule has 0 aliphatic carbocycles. The fourth-order valence-corrected chi connectivity index (χ4v) is 3.74. The number of phenolic OH excluding ortho intramolecular Hbond substituents is 1. The minimum Gasteiger partial charge on any atom is -0.507 e. The van der Waals surface area contributed by atoms with E-state index in [4.69, 9.17) is 14.2 Å². The summed E-state index contributed by atoms with van der Waals surface area (Å²) in [5.41, 5.74) is 0.453. The first kappa shape index (κ1) is 19.5. The molecule has 2 aliphatic heterocycles. The van der Waals surface area contributed by atoms with Gasteiger partial charge in [0.05, 0.1) is 19.6 Å². The molecule has 1 atom stereocenters. The highest BCUT2D eigenvalue weighted by molar-refractivity contribution is 6.03. The maximum absolute atomic E-state index is 13.8. The molecular formula is C22H24FNO5. The van der Waals surface area contributed by atoms with Gasteiger partial charge in [-0.25, -0.2) is 4.39 Å². The molecule has 2 aromatic carbocycles. The number of rotatable bonds is 4. The molecule has 154 valence electrons. The first-order chi connectivity index (χ1) is 13.9. The Labute approximate surface area is 168 Å². The Morgan fingerprint density at radius 2 is 2.03 bits per heavy atom. The summed E-state index contributed by atoms with van der Waals surface area (Å²) in [7, 11) is 0. The lowest BCUT2D eigenvalue weighted by atomic mass is 9.91. The fourth-order valence-electron chi connectivity index (χ4n) is 3.74. The third-order valence-corrected chi connectivity index (χ3v) is 5.36. The summed E-state index contributed by atoms with van der Waals surface area (Å²) in [6.07, 6.45) is 0.0544. The lowest BCUT2D eigenvalue weighted by molar-refractivity contribution is 0.0183. The number of hydrogen-bond donors (Lipinski definition) is 1. The molecular weight excluding hydrogens is 377 g/mol. The van der Waals surface area contributed by atoms with E-state index in [0.29, 0.717) is 43.4 Å². The van der Waals surface area contributed by atoms with Gasteiger partial charge in [-0.1, -0.05) is 6.07 Å². The number of ether oxygens (including phenoxy) is 3. The van der Waals surface area contributed by atoms with E-state index in [-0.39, 0.29) is 35.9 Å². The van der Waals surface area contributed by atoms with E-state index in [1.807, 2.05) is 0 Å². The van der Waals surface area contributed by atoms with Gasteiger partial charge < -0.3 is 24.2 Å². The van der Waals surface area contributed by atoms with Crippen LogP contribution in [0.2, 0.25) is 0 Å². The number of aromatic hydroxyl groups is 1. The van der Waals surface area contributed by atoms with Gasteiger partial charge in [-0.05, 0) is 26.0 Å². The van der Waals surface area contributed by atoms with Crippen molar-refractivity contribution < 1.29 is 28.5 Å². The third-order valence-electron chi connectivity index (χ3n) is 5.36. The molecule has 0 saturated carbocycles. The van der Waals surface area contributed by atoms with Gasteiger partial charge >= 0.3 is 0 Å². The number of ketones is 1. The average Bonchev–Trinajstić information content (AvgIpc) is 2.69. The van der Waals surface area contributed by atoms with Gasteiger partial charge in [-0.3, -0.25) is 4.79 Å². The highest BCUT2D eigenvalue weighted by Crippen LogP contribution is 2.41. The summed E-state index contributed by atoms with van der Waals surface area (Å²) in [4.78, 5) is 14.8. The summed E-state index contributed by atoms with van der Waals surface area (Å²) in [6, 6.07) is 8.01. The molecule has 2 aromatic rings. The van der Waals surface area contributed by atoms with Gasteiger partial charge in [0.1, 0.15) is 40.8 Å². The second kappa shape index (κ2) is 7.55. The van der Waals surface area contributed by atoms with Crippen LogP contribution in [0.3, 0.4) is 0 Å². The van der Waals surface area contributed by atoms with Gasteiger partial charge in [-0.15, -0.1) is 0 Å². The van der Waals surface area contributed by atoms with Crippen molar-refractivity contribution >= 4 is 11.5 Å². The van der Waals surface area contributed by atoms with E-state index in [2.05, 4.69) is 4.90 Å². The van der Waals surface area contributed by atoms with Crippen LogP contribution in [0.5, 0.6) is 17.2 Å². The van der Waals surface area contributed by atoms with E-state index in [9.17, 15) is 14.3 Å². The van der Waals surface area contributed by atoms with Crippen LogP contribution >= 0.6 is 0 Å². The van der Waals surface area contributed by atoms with Gasteiger partial charge in [0.2, 0.25) is 0 Å². The first-order valence-corrected chi connectivity index (χ1v) is 9.66. The summed E-state index contributed by atoms with van der Waals surface area (Å²) in [5.74, 6) is 0.110. The van der Waals surface area contributed by atoms with Crippen molar-refractivity contribution in [2.75, 3.05) is 37.8 Å². The zero-order valence-corrected chi connectivity index (χ0v) is 16.5. The normalized spacial score (nSPS) is 21.5. The Hall–Kier alpha value is -2.80. The van der Waals surface area contributed by atoms with E-state index in [1.165, 1.54) is 6.07 Å². The molecule has 1 saturated heterocycles. The second-order valence-electron chi connectivity index (χ2n) is 7.74. The van der Waals surface area contributed by atoms with E-state index in [1.54, 1.807) is 38.1 Å². The van der Waals surface area contributed by atoms with Crippen LogP contribution in [0, 0.1) is 12.7 Å². The molecule has 0 aromatic heterocycles. The number of nitrogens with zero attached hydrogens (tertiary/aromatic N) is 1. The highest BCUT2D eigenvalue weighted by Gasteiger charge is 2.39. The fraction of sp³-hybridized carbons (Fsp3) is 0.409. The molecule has 29 heavy (non-hydrogen) atoms. The number of anilines is 1. The number of morpholine rings is 1. The molecule has 0 radical (unpaired) electrons. The molecule has 1 fully saturated rings. The molecule has 2 aliphatic rings. The number of fused-ring (bicyclic) bond motifs is 1. The highest BCUT2D eigenvalue weighted by atomic mass is 19.1.